The normalized spacial score (nSPS) is 17.9. The van der Waals surface area contributed by atoms with Crippen molar-refractivity contribution >= 4 is 50.8 Å². The van der Waals surface area contributed by atoms with E-state index >= 15 is 0 Å². The number of carbonyl (C=O) groups is 3. The molecule has 29 heavy (non-hydrogen) atoms. The number of thioether (sulfide) groups is 1. The molecule has 0 bridgehead atoms. The molecule has 0 spiro atoms. The van der Waals surface area contributed by atoms with Crippen molar-refractivity contribution in [2.75, 3.05) is 33.4 Å². The predicted molar refractivity (Wildman–Crippen MR) is 115 cm³/mol. The molecule has 2 saturated heterocycles. The van der Waals surface area contributed by atoms with Gasteiger partial charge in [0.15, 0.2) is 11.5 Å². The third-order valence-corrected chi connectivity index (χ3v) is 6.02. The highest BCUT2D eigenvalue weighted by Crippen LogP contribution is 2.39. The number of rotatable bonds is 7. The first kappa shape index (κ1) is 21.4. The summed E-state index contributed by atoms with van der Waals surface area (Å²) in [5.41, 5.74) is 0.663. The number of hydrogen-bond acceptors (Lipinski definition) is 6. The van der Waals surface area contributed by atoms with E-state index in [2.05, 4.69) is 22.5 Å². The third kappa shape index (κ3) is 4.84. The van der Waals surface area contributed by atoms with Gasteiger partial charge in [-0.3, -0.25) is 19.3 Å². The number of amides is 3. The highest BCUT2D eigenvalue weighted by molar-refractivity contribution is 9.10. The fourth-order valence-corrected chi connectivity index (χ4v) is 4.51. The fraction of sp³-hybridized carbons (Fsp3) is 0.350. The maximum atomic E-state index is 12.7. The van der Waals surface area contributed by atoms with Crippen LogP contribution in [0.1, 0.15) is 18.4 Å². The number of carbonyl (C=O) groups excluding carboxylic acids is 3. The minimum Gasteiger partial charge on any atom is -0.493 e. The summed E-state index contributed by atoms with van der Waals surface area (Å²) in [5.74, 6) is 0.346. The van der Waals surface area contributed by atoms with Gasteiger partial charge in [-0.25, -0.2) is 0 Å². The molecular formula is C20H21BrN2O5S. The van der Waals surface area contributed by atoms with E-state index in [1.165, 1.54) is 7.11 Å². The molecule has 0 saturated carbocycles. The Kier molecular flexibility index (Phi) is 7.02. The van der Waals surface area contributed by atoms with Crippen LogP contribution in [0.2, 0.25) is 0 Å². The van der Waals surface area contributed by atoms with Crippen LogP contribution in [0.3, 0.4) is 0 Å². The summed E-state index contributed by atoms with van der Waals surface area (Å²) in [6, 6.07) is 3.48. The van der Waals surface area contributed by atoms with Crippen molar-refractivity contribution in [3.8, 4) is 11.5 Å². The largest absolute Gasteiger partial charge is 0.493 e. The first-order chi connectivity index (χ1) is 13.9. The van der Waals surface area contributed by atoms with E-state index < -0.39 is 11.1 Å². The zero-order valence-corrected chi connectivity index (χ0v) is 18.4. The van der Waals surface area contributed by atoms with Crippen LogP contribution in [-0.2, 0) is 9.59 Å². The highest BCUT2D eigenvalue weighted by atomic mass is 79.9. The Hall–Kier alpha value is -2.26. The molecule has 7 nitrogen and oxygen atoms in total. The highest BCUT2D eigenvalue weighted by Gasteiger charge is 2.37. The van der Waals surface area contributed by atoms with E-state index in [0.717, 1.165) is 29.5 Å². The van der Waals surface area contributed by atoms with Gasteiger partial charge in [0, 0.05) is 13.1 Å². The fourth-order valence-electron chi connectivity index (χ4n) is 3.09. The van der Waals surface area contributed by atoms with Gasteiger partial charge in [-0.15, -0.1) is 0 Å². The van der Waals surface area contributed by atoms with Gasteiger partial charge in [0.2, 0.25) is 5.91 Å². The molecule has 2 heterocycles. The monoisotopic (exact) mass is 480 g/mol. The predicted octanol–water partition coefficient (Wildman–Crippen LogP) is 3.68. The van der Waals surface area contributed by atoms with Crippen LogP contribution in [-0.4, -0.2) is 60.2 Å². The van der Waals surface area contributed by atoms with Crippen LogP contribution < -0.4 is 9.47 Å². The van der Waals surface area contributed by atoms with Crippen LogP contribution in [0.4, 0.5) is 4.79 Å². The molecule has 1 aromatic rings. The van der Waals surface area contributed by atoms with Crippen molar-refractivity contribution in [1.29, 1.82) is 0 Å². The molecule has 0 atom stereocenters. The van der Waals surface area contributed by atoms with Crippen LogP contribution in [0.25, 0.3) is 6.08 Å². The maximum Gasteiger partial charge on any atom is 0.294 e. The number of nitrogens with zero attached hydrogens (tertiary/aromatic N) is 2. The molecule has 2 fully saturated rings. The summed E-state index contributed by atoms with van der Waals surface area (Å²) in [5, 5.41) is -0.439. The van der Waals surface area contributed by atoms with E-state index in [0.29, 0.717) is 41.2 Å². The van der Waals surface area contributed by atoms with Crippen molar-refractivity contribution in [2.45, 2.75) is 12.8 Å². The Labute approximate surface area is 181 Å². The Balaban J connectivity index is 1.79. The number of imide groups is 1. The Morgan fingerprint density at radius 3 is 2.69 bits per heavy atom. The molecule has 0 unspecified atom stereocenters. The van der Waals surface area contributed by atoms with Crippen LogP contribution in [0.5, 0.6) is 11.5 Å². The van der Waals surface area contributed by atoms with Gasteiger partial charge in [0.25, 0.3) is 11.1 Å². The minimum atomic E-state index is -0.463. The first-order valence-corrected chi connectivity index (χ1v) is 10.7. The number of hydrogen-bond donors (Lipinski definition) is 0. The quantitative estimate of drug-likeness (QED) is 0.437. The smallest absolute Gasteiger partial charge is 0.294 e. The van der Waals surface area contributed by atoms with Crippen molar-refractivity contribution < 1.29 is 23.9 Å². The summed E-state index contributed by atoms with van der Waals surface area (Å²) in [4.78, 5) is 40.3. The van der Waals surface area contributed by atoms with Crippen LogP contribution in [0.15, 0.2) is 34.2 Å². The topological polar surface area (TPSA) is 76.2 Å². The second-order valence-electron chi connectivity index (χ2n) is 6.49. The van der Waals surface area contributed by atoms with Gasteiger partial charge >= 0.3 is 0 Å². The van der Waals surface area contributed by atoms with Gasteiger partial charge in [-0.1, -0.05) is 12.7 Å². The lowest BCUT2D eigenvalue weighted by atomic mass is 10.2. The molecule has 3 rings (SSSR count). The molecule has 0 aliphatic carbocycles. The van der Waals surface area contributed by atoms with E-state index in [-0.39, 0.29) is 17.4 Å². The molecule has 2 aliphatic heterocycles. The number of ether oxygens (including phenoxy) is 2. The average molecular weight is 481 g/mol. The van der Waals surface area contributed by atoms with Crippen molar-refractivity contribution in [3.05, 3.63) is 39.7 Å². The molecule has 0 radical (unpaired) electrons. The van der Waals surface area contributed by atoms with Crippen LogP contribution in [0, 0.1) is 0 Å². The van der Waals surface area contributed by atoms with Gasteiger partial charge in [0.05, 0.1) is 16.5 Å². The second kappa shape index (κ2) is 9.49. The molecule has 9 heteroatoms. The molecule has 0 N–H and O–H groups in total. The molecule has 154 valence electrons. The lowest BCUT2D eigenvalue weighted by Crippen LogP contribution is -2.40. The Bertz CT molecular complexity index is 880. The zero-order chi connectivity index (χ0) is 21.0. The number of benzene rings is 1. The number of methoxy groups -OCH3 is 1. The number of halogens is 1. The van der Waals surface area contributed by atoms with Crippen molar-refractivity contribution in [3.63, 3.8) is 0 Å². The summed E-state index contributed by atoms with van der Waals surface area (Å²) in [6.07, 6.45) is 5.14. The Morgan fingerprint density at radius 2 is 2.03 bits per heavy atom. The standard InChI is InChI=1S/C20H21BrN2O5S/c1-3-8-28-18-14(21)9-13(10-15(18)27-2)11-16-19(25)23(20(26)29-16)12-17(24)22-6-4-5-7-22/h3,9-11H,1,4-8,12H2,2H3. The van der Waals surface area contributed by atoms with Gasteiger partial charge in [-0.05, 0) is 64.3 Å². The summed E-state index contributed by atoms with van der Waals surface area (Å²) in [6.45, 7) is 5.08. The third-order valence-electron chi connectivity index (χ3n) is 4.52. The summed E-state index contributed by atoms with van der Waals surface area (Å²) < 4.78 is 11.6. The van der Waals surface area contributed by atoms with Gasteiger partial charge in [0.1, 0.15) is 13.2 Å². The first-order valence-electron chi connectivity index (χ1n) is 9.09. The minimum absolute atomic E-state index is 0.195. The molecule has 1 aromatic carbocycles. The van der Waals surface area contributed by atoms with Gasteiger partial charge in [-0.2, -0.15) is 0 Å². The van der Waals surface area contributed by atoms with Crippen molar-refractivity contribution in [1.82, 2.24) is 9.80 Å². The van der Waals surface area contributed by atoms with E-state index in [1.54, 1.807) is 29.2 Å². The van der Waals surface area contributed by atoms with E-state index in [4.69, 9.17) is 9.47 Å². The molecule has 2 aliphatic rings. The molecule has 0 aromatic heterocycles. The lowest BCUT2D eigenvalue weighted by Gasteiger charge is -2.18. The number of likely N-dealkylation sites (tertiary alicyclic amines) is 1. The summed E-state index contributed by atoms with van der Waals surface area (Å²) in [7, 11) is 1.52. The molecule has 3 amide bonds. The average Bonchev–Trinajstić information content (AvgIpc) is 3.32. The van der Waals surface area contributed by atoms with Crippen molar-refractivity contribution in [2.24, 2.45) is 0 Å². The SMILES string of the molecule is C=CCOc1c(Br)cc(C=C2SC(=O)N(CC(=O)N3CCCC3)C2=O)cc1OC. The lowest BCUT2D eigenvalue weighted by molar-refractivity contribution is -0.135. The van der Waals surface area contributed by atoms with E-state index in [9.17, 15) is 14.4 Å². The van der Waals surface area contributed by atoms with Crippen LogP contribution >= 0.6 is 27.7 Å². The Morgan fingerprint density at radius 1 is 1.31 bits per heavy atom. The summed E-state index contributed by atoms with van der Waals surface area (Å²) >= 11 is 4.27. The van der Waals surface area contributed by atoms with Gasteiger partial charge < -0.3 is 14.4 Å². The second-order valence-corrected chi connectivity index (χ2v) is 8.34. The molecular weight excluding hydrogens is 460 g/mol. The zero-order valence-electron chi connectivity index (χ0n) is 16.0. The maximum absolute atomic E-state index is 12.7. The van der Waals surface area contributed by atoms with E-state index in [1.807, 2.05) is 0 Å².